The van der Waals surface area contributed by atoms with E-state index in [4.69, 9.17) is 27.9 Å². The fraction of sp³-hybridized carbons (Fsp3) is 0.300. The van der Waals surface area contributed by atoms with Gasteiger partial charge in [0.25, 0.3) is 5.56 Å². The summed E-state index contributed by atoms with van der Waals surface area (Å²) in [6.45, 7) is 3.57. The number of hydrogen-bond donors (Lipinski definition) is 1. The Morgan fingerprint density at radius 3 is 2.57 bits per heavy atom. The zero-order valence-corrected chi connectivity index (χ0v) is 18.2. The maximum absolute atomic E-state index is 13.2. The van der Waals surface area contributed by atoms with Gasteiger partial charge in [-0.15, -0.1) is 0 Å². The van der Waals surface area contributed by atoms with Crippen molar-refractivity contribution in [1.29, 1.82) is 0 Å². The number of fused-ring (bicyclic) bond motifs is 1. The van der Waals surface area contributed by atoms with Gasteiger partial charge in [-0.2, -0.15) is 0 Å². The van der Waals surface area contributed by atoms with Crippen LogP contribution in [0.2, 0.25) is 10.0 Å². The summed E-state index contributed by atoms with van der Waals surface area (Å²) >= 11 is 11.8. The number of anilines is 1. The lowest BCUT2D eigenvalue weighted by molar-refractivity contribution is -0.116. The molecule has 0 spiro atoms. The number of aryl methyl sites for hydroxylation is 2. The molecule has 1 aromatic carbocycles. The third-order valence-electron chi connectivity index (χ3n) is 4.55. The molecular weight excluding hydrogens is 431 g/mol. The summed E-state index contributed by atoms with van der Waals surface area (Å²) in [6, 6.07) is 4.58. The van der Waals surface area contributed by atoms with Crippen molar-refractivity contribution in [2.24, 2.45) is 7.05 Å². The first-order valence-corrected chi connectivity index (χ1v) is 10.0. The Bertz CT molecular complexity index is 1250. The molecule has 158 valence electrons. The number of nitrogens with zero attached hydrogens (tertiary/aromatic N) is 3. The van der Waals surface area contributed by atoms with Crippen LogP contribution in [0.15, 0.2) is 34.0 Å². The van der Waals surface area contributed by atoms with Gasteiger partial charge < -0.3 is 10.1 Å². The molecule has 2 aromatic heterocycles. The second kappa shape index (κ2) is 8.89. The standard InChI is InChI=1S/C20H20Cl2N4O4/c1-4-11-9-23-18-16(17(11)30-5-2)19(28)26(20(29)25(18)3)10-15(27)24-12-6-7-13(21)14(22)8-12/h6-9H,4-5,10H2,1-3H3,(H,24,27). The van der Waals surface area contributed by atoms with Crippen molar-refractivity contribution >= 4 is 45.8 Å². The number of pyridine rings is 1. The fourth-order valence-corrected chi connectivity index (χ4v) is 3.38. The van der Waals surface area contributed by atoms with E-state index in [-0.39, 0.29) is 16.1 Å². The van der Waals surface area contributed by atoms with Crippen molar-refractivity contribution < 1.29 is 9.53 Å². The number of halogens is 2. The molecule has 0 aliphatic carbocycles. The van der Waals surface area contributed by atoms with Gasteiger partial charge in [0.2, 0.25) is 5.91 Å². The van der Waals surface area contributed by atoms with Crippen LogP contribution in [0.4, 0.5) is 5.69 Å². The van der Waals surface area contributed by atoms with E-state index in [1.165, 1.54) is 23.7 Å². The highest BCUT2D eigenvalue weighted by molar-refractivity contribution is 6.42. The molecule has 1 amide bonds. The second-order valence-corrected chi connectivity index (χ2v) is 7.32. The average Bonchev–Trinajstić information content (AvgIpc) is 2.72. The SMILES string of the molecule is CCOc1c(CC)cnc2c1c(=O)n(CC(=O)Nc1ccc(Cl)c(Cl)c1)c(=O)n2C. The molecule has 0 radical (unpaired) electrons. The molecular formula is C20H20Cl2N4O4. The van der Waals surface area contributed by atoms with Crippen LogP contribution in [0.25, 0.3) is 11.0 Å². The smallest absolute Gasteiger partial charge is 0.332 e. The molecule has 3 rings (SSSR count). The highest BCUT2D eigenvalue weighted by Gasteiger charge is 2.20. The molecule has 8 nitrogen and oxygen atoms in total. The van der Waals surface area contributed by atoms with Crippen LogP contribution in [0.5, 0.6) is 5.75 Å². The van der Waals surface area contributed by atoms with Gasteiger partial charge in [0.1, 0.15) is 17.7 Å². The molecule has 0 saturated heterocycles. The first-order valence-electron chi connectivity index (χ1n) is 9.27. The summed E-state index contributed by atoms with van der Waals surface area (Å²) in [6.07, 6.45) is 2.19. The van der Waals surface area contributed by atoms with Crippen LogP contribution in [0, 0.1) is 0 Å². The van der Waals surface area contributed by atoms with Gasteiger partial charge in [-0.05, 0) is 31.5 Å². The lowest BCUT2D eigenvalue weighted by Gasteiger charge is -2.15. The van der Waals surface area contributed by atoms with Crippen LogP contribution in [-0.4, -0.2) is 26.6 Å². The molecule has 30 heavy (non-hydrogen) atoms. The van der Waals surface area contributed by atoms with Gasteiger partial charge in [-0.3, -0.25) is 14.2 Å². The van der Waals surface area contributed by atoms with Crippen molar-refractivity contribution in [2.45, 2.75) is 26.8 Å². The summed E-state index contributed by atoms with van der Waals surface area (Å²) in [4.78, 5) is 42.7. The van der Waals surface area contributed by atoms with Crippen molar-refractivity contribution in [3.63, 3.8) is 0 Å². The van der Waals surface area contributed by atoms with Crippen molar-refractivity contribution in [3.05, 3.63) is 60.8 Å². The van der Waals surface area contributed by atoms with Crippen molar-refractivity contribution in [2.75, 3.05) is 11.9 Å². The van der Waals surface area contributed by atoms with Gasteiger partial charge >= 0.3 is 5.69 Å². The minimum atomic E-state index is -0.656. The summed E-state index contributed by atoms with van der Waals surface area (Å²) in [7, 11) is 1.49. The van der Waals surface area contributed by atoms with Gasteiger partial charge in [-0.1, -0.05) is 30.1 Å². The third kappa shape index (κ3) is 4.06. The van der Waals surface area contributed by atoms with Crippen LogP contribution in [0.3, 0.4) is 0 Å². The molecule has 0 fully saturated rings. The number of nitrogens with one attached hydrogen (secondary N) is 1. The monoisotopic (exact) mass is 450 g/mol. The lowest BCUT2D eigenvalue weighted by atomic mass is 10.1. The molecule has 3 aromatic rings. The molecule has 0 aliphatic rings. The normalized spacial score (nSPS) is 11.0. The van der Waals surface area contributed by atoms with Gasteiger partial charge in [-0.25, -0.2) is 14.3 Å². The van der Waals surface area contributed by atoms with Crippen LogP contribution < -0.4 is 21.3 Å². The number of amides is 1. The molecule has 0 aliphatic heterocycles. The Morgan fingerprint density at radius 1 is 1.20 bits per heavy atom. The molecule has 1 N–H and O–H groups in total. The molecule has 0 saturated carbocycles. The highest BCUT2D eigenvalue weighted by atomic mass is 35.5. The number of rotatable bonds is 6. The largest absolute Gasteiger partial charge is 0.493 e. The average molecular weight is 451 g/mol. The minimum absolute atomic E-state index is 0.167. The molecule has 2 heterocycles. The van der Waals surface area contributed by atoms with E-state index in [0.29, 0.717) is 29.5 Å². The quantitative estimate of drug-likeness (QED) is 0.622. The van der Waals surface area contributed by atoms with Crippen molar-refractivity contribution in [3.8, 4) is 5.75 Å². The van der Waals surface area contributed by atoms with E-state index in [0.717, 1.165) is 10.1 Å². The van der Waals surface area contributed by atoms with E-state index < -0.39 is 23.7 Å². The van der Waals surface area contributed by atoms with Gasteiger partial charge in [0.05, 0.1) is 16.7 Å². The van der Waals surface area contributed by atoms with E-state index in [1.54, 1.807) is 19.2 Å². The maximum Gasteiger partial charge on any atom is 0.332 e. The topological polar surface area (TPSA) is 95.2 Å². The Kier molecular flexibility index (Phi) is 6.48. The van der Waals surface area contributed by atoms with Gasteiger partial charge in [0.15, 0.2) is 5.65 Å². The number of ether oxygens (including phenoxy) is 1. The first kappa shape index (κ1) is 21.9. The Balaban J connectivity index is 2.08. The zero-order valence-electron chi connectivity index (χ0n) is 16.7. The summed E-state index contributed by atoms with van der Waals surface area (Å²) < 4.78 is 7.79. The summed E-state index contributed by atoms with van der Waals surface area (Å²) in [5.74, 6) is -0.186. The van der Waals surface area contributed by atoms with E-state index in [9.17, 15) is 14.4 Å². The predicted molar refractivity (Wildman–Crippen MR) is 117 cm³/mol. The number of hydrogen-bond acceptors (Lipinski definition) is 5. The second-order valence-electron chi connectivity index (χ2n) is 6.51. The predicted octanol–water partition coefficient (Wildman–Crippen LogP) is 3.00. The van der Waals surface area contributed by atoms with Crippen LogP contribution in [0.1, 0.15) is 19.4 Å². The molecule has 10 heteroatoms. The number of benzene rings is 1. The summed E-state index contributed by atoms with van der Waals surface area (Å²) in [5.41, 5.74) is 0.0447. The number of aromatic nitrogens is 3. The third-order valence-corrected chi connectivity index (χ3v) is 5.29. The summed E-state index contributed by atoms with van der Waals surface area (Å²) in [5, 5.41) is 3.39. The fourth-order valence-electron chi connectivity index (χ4n) is 3.08. The van der Waals surface area contributed by atoms with Crippen LogP contribution in [-0.2, 0) is 24.8 Å². The van der Waals surface area contributed by atoms with Crippen LogP contribution >= 0.6 is 23.2 Å². The Morgan fingerprint density at radius 2 is 1.93 bits per heavy atom. The van der Waals surface area contributed by atoms with E-state index in [2.05, 4.69) is 10.3 Å². The maximum atomic E-state index is 13.2. The number of carbonyl (C=O) groups excluding carboxylic acids is 1. The minimum Gasteiger partial charge on any atom is -0.493 e. The molecule has 0 bridgehead atoms. The highest BCUT2D eigenvalue weighted by Crippen LogP contribution is 2.26. The molecule has 0 unspecified atom stereocenters. The molecule has 0 atom stereocenters. The number of carbonyl (C=O) groups is 1. The Hall–Kier alpha value is -2.84. The van der Waals surface area contributed by atoms with Gasteiger partial charge in [0, 0.05) is 24.5 Å². The zero-order chi connectivity index (χ0) is 22.0. The van der Waals surface area contributed by atoms with Crippen molar-refractivity contribution in [1.82, 2.24) is 14.1 Å². The van der Waals surface area contributed by atoms with E-state index in [1.807, 2.05) is 6.92 Å². The Labute approximate surface area is 182 Å². The van der Waals surface area contributed by atoms with E-state index >= 15 is 0 Å². The first-order chi connectivity index (χ1) is 14.3. The lowest BCUT2D eigenvalue weighted by Crippen LogP contribution is -2.42.